The standard InChI is InChI=1S/C10H11N3O2/c1-3-4-13(6-10(14)15)9-5-8(2)11-7-12-9/h1,5,7H,4,6H2,2H3,(H,14,15). The van der Waals surface area contributed by atoms with Crippen molar-refractivity contribution in [2.24, 2.45) is 0 Å². The Morgan fingerprint density at radius 2 is 2.40 bits per heavy atom. The molecule has 78 valence electrons. The van der Waals surface area contributed by atoms with Gasteiger partial charge >= 0.3 is 5.97 Å². The molecular weight excluding hydrogens is 194 g/mol. The van der Waals surface area contributed by atoms with E-state index >= 15 is 0 Å². The van der Waals surface area contributed by atoms with E-state index in [0.29, 0.717) is 5.82 Å². The zero-order valence-corrected chi connectivity index (χ0v) is 8.34. The van der Waals surface area contributed by atoms with Crippen LogP contribution in [0.15, 0.2) is 12.4 Å². The van der Waals surface area contributed by atoms with Gasteiger partial charge in [-0.3, -0.25) is 4.79 Å². The first-order valence-electron chi connectivity index (χ1n) is 4.32. The van der Waals surface area contributed by atoms with E-state index in [1.165, 1.54) is 11.2 Å². The van der Waals surface area contributed by atoms with Gasteiger partial charge in [-0.25, -0.2) is 9.97 Å². The van der Waals surface area contributed by atoms with Gasteiger partial charge in [0.1, 0.15) is 18.7 Å². The minimum Gasteiger partial charge on any atom is -0.480 e. The summed E-state index contributed by atoms with van der Waals surface area (Å²) in [5.41, 5.74) is 0.771. The number of aliphatic carboxylic acids is 1. The topological polar surface area (TPSA) is 66.3 Å². The molecule has 0 saturated heterocycles. The average Bonchev–Trinajstić information content (AvgIpc) is 2.16. The molecule has 0 spiro atoms. The summed E-state index contributed by atoms with van der Waals surface area (Å²) in [6.07, 6.45) is 6.54. The van der Waals surface area contributed by atoms with Crippen molar-refractivity contribution in [2.45, 2.75) is 6.92 Å². The summed E-state index contributed by atoms with van der Waals surface area (Å²) in [4.78, 5) is 20.0. The maximum Gasteiger partial charge on any atom is 0.323 e. The molecule has 1 aromatic rings. The van der Waals surface area contributed by atoms with Gasteiger partial charge in [0, 0.05) is 11.8 Å². The SMILES string of the molecule is C#CCN(CC(=O)O)c1cc(C)ncn1. The van der Waals surface area contributed by atoms with Gasteiger partial charge in [0.25, 0.3) is 0 Å². The molecule has 0 aliphatic carbocycles. The highest BCUT2D eigenvalue weighted by atomic mass is 16.4. The van der Waals surface area contributed by atoms with Crippen molar-refractivity contribution in [2.75, 3.05) is 18.0 Å². The Balaban J connectivity index is 2.89. The van der Waals surface area contributed by atoms with Crippen molar-refractivity contribution in [1.29, 1.82) is 0 Å². The third-order valence-electron chi connectivity index (χ3n) is 1.72. The molecule has 0 aliphatic heterocycles. The second-order valence-corrected chi connectivity index (χ2v) is 2.97. The average molecular weight is 205 g/mol. The van der Waals surface area contributed by atoms with E-state index in [4.69, 9.17) is 11.5 Å². The second kappa shape index (κ2) is 4.96. The van der Waals surface area contributed by atoms with Gasteiger partial charge in [-0.2, -0.15) is 0 Å². The molecule has 5 nitrogen and oxygen atoms in total. The van der Waals surface area contributed by atoms with Crippen LogP contribution in [0.25, 0.3) is 0 Å². The summed E-state index contributed by atoms with van der Waals surface area (Å²) in [6.45, 7) is 1.85. The number of hydrogen-bond donors (Lipinski definition) is 1. The second-order valence-electron chi connectivity index (χ2n) is 2.97. The molecule has 0 bridgehead atoms. The first-order chi connectivity index (χ1) is 7.13. The highest BCUT2D eigenvalue weighted by Gasteiger charge is 2.10. The minimum atomic E-state index is -0.943. The predicted octanol–water partition coefficient (Wildman–Crippen LogP) is 0.309. The number of terminal acetylenes is 1. The molecule has 5 heteroatoms. The minimum absolute atomic E-state index is 0.166. The molecule has 0 fully saturated rings. The van der Waals surface area contributed by atoms with E-state index in [0.717, 1.165) is 5.69 Å². The maximum atomic E-state index is 10.6. The van der Waals surface area contributed by atoms with Gasteiger partial charge in [-0.05, 0) is 6.92 Å². The molecule has 1 N–H and O–H groups in total. The summed E-state index contributed by atoms with van der Waals surface area (Å²) in [5, 5.41) is 8.69. The van der Waals surface area contributed by atoms with Crippen LogP contribution in [-0.2, 0) is 4.79 Å². The van der Waals surface area contributed by atoms with Gasteiger partial charge in [0.05, 0.1) is 6.54 Å². The largest absolute Gasteiger partial charge is 0.480 e. The third-order valence-corrected chi connectivity index (χ3v) is 1.72. The van der Waals surface area contributed by atoms with Crippen molar-refractivity contribution in [3.05, 3.63) is 18.1 Å². The van der Waals surface area contributed by atoms with Gasteiger partial charge in [-0.1, -0.05) is 5.92 Å². The molecule has 1 rings (SSSR count). The van der Waals surface area contributed by atoms with E-state index in [1.807, 2.05) is 0 Å². The van der Waals surface area contributed by atoms with Crippen LogP contribution < -0.4 is 4.90 Å². The molecule has 0 atom stereocenters. The molecule has 0 aromatic carbocycles. The van der Waals surface area contributed by atoms with Crippen LogP contribution >= 0.6 is 0 Å². The summed E-state index contributed by atoms with van der Waals surface area (Å²) >= 11 is 0. The van der Waals surface area contributed by atoms with Gasteiger partial charge in [0.2, 0.25) is 0 Å². The molecule has 0 radical (unpaired) electrons. The molecule has 0 aliphatic rings. The van der Waals surface area contributed by atoms with E-state index in [9.17, 15) is 4.79 Å². The lowest BCUT2D eigenvalue weighted by Gasteiger charge is -2.18. The van der Waals surface area contributed by atoms with Crippen LogP contribution in [0, 0.1) is 19.3 Å². The third kappa shape index (κ3) is 3.27. The number of anilines is 1. The number of rotatable bonds is 4. The number of aryl methyl sites for hydroxylation is 1. The lowest BCUT2D eigenvalue weighted by molar-refractivity contribution is -0.135. The molecule has 1 heterocycles. The van der Waals surface area contributed by atoms with Crippen LogP contribution in [0.1, 0.15) is 5.69 Å². The highest BCUT2D eigenvalue weighted by molar-refractivity contribution is 5.73. The Kier molecular flexibility index (Phi) is 3.63. The smallest absolute Gasteiger partial charge is 0.323 e. The molecule has 0 saturated carbocycles. The molecule has 15 heavy (non-hydrogen) atoms. The fourth-order valence-electron chi connectivity index (χ4n) is 1.10. The lowest BCUT2D eigenvalue weighted by Crippen LogP contribution is -2.30. The van der Waals surface area contributed by atoms with Crippen molar-refractivity contribution >= 4 is 11.8 Å². The molecular formula is C10H11N3O2. The maximum absolute atomic E-state index is 10.6. The number of hydrogen-bond acceptors (Lipinski definition) is 4. The Morgan fingerprint density at radius 3 is 2.93 bits per heavy atom. The summed E-state index contributed by atoms with van der Waals surface area (Å²) in [7, 11) is 0. The quantitative estimate of drug-likeness (QED) is 0.716. The predicted molar refractivity (Wildman–Crippen MR) is 55.5 cm³/mol. The highest BCUT2D eigenvalue weighted by Crippen LogP contribution is 2.09. The van der Waals surface area contributed by atoms with E-state index in [1.54, 1.807) is 13.0 Å². The monoisotopic (exact) mass is 205 g/mol. The van der Waals surface area contributed by atoms with Crippen LogP contribution in [0.2, 0.25) is 0 Å². The van der Waals surface area contributed by atoms with E-state index < -0.39 is 5.97 Å². The summed E-state index contributed by atoms with van der Waals surface area (Å²) in [6, 6.07) is 1.69. The Bertz CT molecular complexity index is 398. The number of carboxylic acids is 1. The molecule has 0 unspecified atom stereocenters. The first-order valence-corrected chi connectivity index (χ1v) is 4.32. The van der Waals surface area contributed by atoms with Crippen LogP contribution in [0.3, 0.4) is 0 Å². The number of carboxylic acid groups (broad SMARTS) is 1. The zero-order valence-electron chi connectivity index (χ0n) is 8.34. The van der Waals surface area contributed by atoms with E-state index in [2.05, 4.69) is 15.9 Å². The van der Waals surface area contributed by atoms with Crippen LogP contribution in [0.4, 0.5) is 5.82 Å². The van der Waals surface area contributed by atoms with Crippen molar-refractivity contribution < 1.29 is 9.90 Å². The summed E-state index contributed by atoms with van der Waals surface area (Å²) in [5.74, 6) is 1.98. The van der Waals surface area contributed by atoms with Crippen molar-refractivity contribution in [3.63, 3.8) is 0 Å². The fourth-order valence-corrected chi connectivity index (χ4v) is 1.10. The fraction of sp³-hybridized carbons (Fsp3) is 0.300. The van der Waals surface area contributed by atoms with Crippen molar-refractivity contribution in [1.82, 2.24) is 9.97 Å². The number of nitrogens with zero attached hydrogens (tertiary/aromatic N) is 3. The van der Waals surface area contributed by atoms with Gasteiger partial charge in [0.15, 0.2) is 0 Å². The van der Waals surface area contributed by atoms with Crippen LogP contribution in [0.5, 0.6) is 0 Å². The Hall–Kier alpha value is -2.09. The first kappa shape index (κ1) is 11.0. The van der Waals surface area contributed by atoms with Gasteiger partial charge in [-0.15, -0.1) is 6.42 Å². The van der Waals surface area contributed by atoms with E-state index in [-0.39, 0.29) is 13.1 Å². The molecule has 1 aromatic heterocycles. The van der Waals surface area contributed by atoms with Crippen LogP contribution in [-0.4, -0.2) is 34.1 Å². The Morgan fingerprint density at radius 1 is 1.67 bits per heavy atom. The molecule has 0 amide bonds. The number of aromatic nitrogens is 2. The number of carbonyl (C=O) groups is 1. The lowest BCUT2D eigenvalue weighted by atomic mass is 10.4. The normalized spacial score (nSPS) is 9.33. The summed E-state index contributed by atoms with van der Waals surface area (Å²) < 4.78 is 0. The Labute approximate surface area is 87.8 Å². The van der Waals surface area contributed by atoms with Crippen molar-refractivity contribution in [3.8, 4) is 12.3 Å². The zero-order chi connectivity index (χ0) is 11.3. The van der Waals surface area contributed by atoms with Gasteiger partial charge < -0.3 is 10.0 Å².